The number of halogens is 2. The average Bonchev–Trinajstić information content (AvgIpc) is 3.40. The minimum Gasteiger partial charge on any atom is -0.321 e. The first-order chi connectivity index (χ1) is 19.4. The highest BCUT2D eigenvalue weighted by Crippen LogP contribution is 2.37. The molecule has 1 fully saturated rings. The molecular weight excluding hydrogens is 634 g/mol. The number of nitrogens with one attached hydrogen (secondary N) is 1. The van der Waals surface area contributed by atoms with Gasteiger partial charge in [-0.1, -0.05) is 74.3 Å². The van der Waals surface area contributed by atoms with Gasteiger partial charge in [-0.3, -0.25) is 14.5 Å². The molecule has 1 unspecified atom stereocenters. The second-order valence-corrected chi connectivity index (χ2v) is 12.2. The van der Waals surface area contributed by atoms with E-state index in [0.29, 0.717) is 24.2 Å². The number of hydrogen-bond acceptors (Lipinski definition) is 5. The number of aromatic amines is 1. The third-order valence-electron chi connectivity index (χ3n) is 7.70. The number of hydrazone groups is 1. The van der Waals surface area contributed by atoms with Gasteiger partial charge in [0.2, 0.25) is 0 Å². The molecule has 7 nitrogen and oxygen atoms in total. The van der Waals surface area contributed by atoms with E-state index < -0.39 is 0 Å². The zero-order valence-electron chi connectivity index (χ0n) is 22.1. The molecule has 1 atom stereocenters. The van der Waals surface area contributed by atoms with Crippen LogP contribution in [0.25, 0.3) is 22.0 Å². The predicted molar refractivity (Wildman–Crippen MR) is 167 cm³/mol. The van der Waals surface area contributed by atoms with E-state index in [0.717, 1.165) is 62.7 Å². The summed E-state index contributed by atoms with van der Waals surface area (Å²) in [6.07, 6.45) is 0.443. The van der Waals surface area contributed by atoms with Crippen LogP contribution in [0.3, 0.4) is 0 Å². The number of likely N-dealkylation sites (N-methyl/N-ethyl adjacent to an activating group) is 1. The molecule has 40 heavy (non-hydrogen) atoms. The van der Waals surface area contributed by atoms with Gasteiger partial charge >= 0.3 is 0 Å². The molecule has 1 N–H and O–H groups in total. The molecule has 1 aromatic heterocycles. The third-order valence-corrected chi connectivity index (χ3v) is 8.72. The number of nitrogens with zero attached hydrogens (tertiary/aromatic N) is 4. The summed E-state index contributed by atoms with van der Waals surface area (Å²) in [4.78, 5) is 35.0. The first kappa shape index (κ1) is 27.1. The highest BCUT2D eigenvalue weighted by molar-refractivity contribution is 9.10. The lowest BCUT2D eigenvalue weighted by atomic mass is 9.91. The Hall–Kier alpha value is -3.11. The van der Waals surface area contributed by atoms with Gasteiger partial charge in [0.25, 0.3) is 11.5 Å². The van der Waals surface area contributed by atoms with Gasteiger partial charge in [0.15, 0.2) is 0 Å². The number of pyridine rings is 1. The lowest BCUT2D eigenvalue weighted by molar-refractivity contribution is -0.134. The standard InChI is InChI=1S/C31H29Br2N5O2/c1-36-13-15-37(16-14-36)19-28(39)38-27(20-7-9-22(32)10-8-20)18-26(35-38)30-29(21-5-3-2-4-6-21)24-17-23(33)11-12-25(24)34-31(30)40/h2-12,17,27H,13-16,18-19H2,1H3,(H,34,40). The van der Waals surface area contributed by atoms with E-state index in [2.05, 4.69) is 53.7 Å². The van der Waals surface area contributed by atoms with Gasteiger partial charge in [-0.15, -0.1) is 0 Å². The van der Waals surface area contributed by atoms with Crippen LogP contribution in [0.4, 0.5) is 0 Å². The van der Waals surface area contributed by atoms with Crippen LogP contribution in [-0.4, -0.2) is 71.2 Å². The fraction of sp³-hybridized carbons (Fsp3) is 0.258. The Balaban J connectivity index is 1.47. The van der Waals surface area contributed by atoms with Crippen LogP contribution < -0.4 is 5.56 Å². The third kappa shape index (κ3) is 5.43. The van der Waals surface area contributed by atoms with E-state index in [9.17, 15) is 9.59 Å². The Morgan fingerprint density at radius 1 is 0.925 bits per heavy atom. The van der Waals surface area contributed by atoms with Crippen molar-refractivity contribution in [2.24, 2.45) is 5.10 Å². The summed E-state index contributed by atoms with van der Waals surface area (Å²) in [6, 6.07) is 23.5. The number of hydrogen-bond donors (Lipinski definition) is 1. The summed E-state index contributed by atoms with van der Waals surface area (Å²) in [5, 5.41) is 7.44. The number of aromatic nitrogens is 1. The summed E-state index contributed by atoms with van der Waals surface area (Å²) in [5.74, 6) is -0.0614. The van der Waals surface area contributed by atoms with Crippen molar-refractivity contribution in [3.05, 3.63) is 103 Å². The van der Waals surface area contributed by atoms with E-state index in [1.54, 1.807) is 5.01 Å². The Labute approximate surface area is 249 Å². The highest BCUT2D eigenvalue weighted by Gasteiger charge is 2.36. The number of H-pyrrole nitrogens is 1. The highest BCUT2D eigenvalue weighted by atomic mass is 79.9. The summed E-state index contributed by atoms with van der Waals surface area (Å²) in [5.41, 5.74) is 4.39. The van der Waals surface area contributed by atoms with E-state index in [1.165, 1.54) is 0 Å². The number of fused-ring (bicyclic) bond motifs is 1. The molecule has 0 radical (unpaired) electrons. The minimum atomic E-state index is -0.302. The molecule has 2 aliphatic heterocycles. The van der Waals surface area contributed by atoms with Crippen molar-refractivity contribution in [1.82, 2.24) is 19.8 Å². The van der Waals surface area contributed by atoms with Crippen molar-refractivity contribution >= 4 is 54.4 Å². The molecule has 3 aromatic carbocycles. The van der Waals surface area contributed by atoms with Crippen LogP contribution in [0.1, 0.15) is 23.6 Å². The van der Waals surface area contributed by atoms with Crippen LogP contribution in [-0.2, 0) is 4.79 Å². The smallest absolute Gasteiger partial charge is 0.258 e. The summed E-state index contributed by atoms with van der Waals surface area (Å²) < 4.78 is 1.88. The van der Waals surface area contributed by atoms with Gasteiger partial charge < -0.3 is 9.88 Å². The molecule has 0 spiro atoms. The van der Waals surface area contributed by atoms with Gasteiger partial charge in [0.1, 0.15) is 0 Å². The van der Waals surface area contributed by atoms with E-state index in [4.69, 9.17) is 5.10 Å². The second-order valence-electron chi connectivity index (χ2n) is 10.4. The average molecular weight is 663 g/mol. The van der Waals surface area contributed by atoms with Gasteiger partial charge in [0, 0.05) is 58.0 Å². The van der Waals surface area contributed by atoms with E-state index in [1.807, 2.05) is 72.8 Å². The van der Waals surface area contributed by atoms with Gasteiger partial charge in [0.05, 0.1) is 23.9 Å². The quantitative estimate of drug-likeness (QED) is 0.300. The molecule has 3 heterocycles. The first-order valence-electron chi connectivity index (χ1n) is 13.3. The molecular formula is C31H29Br2N5O2. The molecule has 0 bridgehead atoms. The number of carbonyl (C=O) groups excluding carboxylic acids is 1. The van der Waals surface area contributed by atoms with Gasteiger partial charge in [-0.05, 0) is 48.5 Å². The van der Waals surface area contributed by atoms with Crippen LogP contribution in [0, 0.1) is 0 Å². The van der Waals surface area contributed by atoms with Crippen LogP contribution in [0.15, 0.2) is 91.6 Å². The zero-order chi connectivity index (χ0) is 27.8. The molecule has 1 saturated heterocycles. The maximum Gasteiger partial charge on any atom is 0.258 e. The largest absolute Gasteiger partial charge is 0.321 e. The van der Waals surface area contributed by atoms with Crippen molar-refractivity contribution in [3.63, 3.8) is 0 Å². The predicted octanol–water partition coefficient (Wildman–Crippen LogP) is 5.65. The molecule has 2 aliphatic rings. The van der Waals surface area contributed by atoms with Gasteiger partial charge in [-0.2, -0.15) is 5.10 Å². The SMILES string of the molecule is CN1CCN(CC(=O)N2N=C(c3c(-c4ccccc4)c4cc(Br)ccc4[nH]c3=O)CC2c2ccc(Br)cc2)CC1. The summed E-state index contributed by atoms with van der Waals surface area (Å²) >= 11 is 7.13. The molecule has 0 saturated carbocycles. The molecule has 0 aliphatic carbocycles. The Kier molecular flexibility index (Phi) is 7.72. The van der Waals surface area contributed by atoms with Crippen molar-refractivity contribution in [2.45, 2.75) is 12.5 Å². The van der Waals surface area contributed by atoms with Crippen LogP contribution in [0.2, 0.25) is 0 Å². The van der Waals surface area contributed by atoms with E-state index in [-0.39, 0.29) is 17.5 Å². The Bertz CT molecular complexity index is 1640. The lowest BCUT2D eigenvalue weighted by Crippen LogP contribution is -2.48. The van der Waals surface area contributed by atoms with Crippen molar-refractivity contribution in [1.29, 1.82) is 0 Å². The molecule has 6 rings (SSSR count). The van der Waals surface area contributed by atoms with Crippen molar-refractivity contribution < 1.29 is 4.79 Å². The number of carbonyl (C=O) groups is 1. The normalized spacial score (nSPS) is 18.3. The monoisotopic (exact) mass is 661 g/mol. The number of benzene rings is 3. The minimum absolute atomic E-state index is 0.0614. The zero-order valence-corrected chi connectivity index (χ0v) is 25.3. The topological polar surface area (TPSA) is 72.0 Å². The van der Waals surface area contributed by atoms with Crippen LogP contribution in [0.5, 0.6) is 0 Å². The second kappa shape index (κ2) is 11.4. The van der Waals surface area contributed by atoms with E-state index >= 15 is 0 Å². The number of amides is 1. The van der Waals surface area contributed by atoms with Crippen LogP contribution >= 0.6 is 31.9 Å². The molecule has 4 aromatic rings. The maximum absolute atomic E-state index is 13.8. The molecule has 9 heteroatoms. The Morgan fingerprint density at radius 3 is 2.35 bits per heavy atom. The van der Waals surface area contributed by atoms with Crippen molar-refractivity contribution in [2.75, 3.05) is 39.8 Å². The Morgan fingerprint density at radius 2 is 1.62 bits per heavy atom. The first-order valence-corrected chi connectivity index (χ1v) is 14.9. The number of piperazine rings is 1. The fourth-order valence-electron chi connectivity index (χ4n) is 5.55. The lowest BCUT2D eigenvalue weighted by Gasteiger charge is -2.33. The fourth-order valence-corrected chi connectivity index (χ4v) is 6.18. The maximum atomic E-state index is 13.8. The summed E-state index contributed by atoms with van der Waals surface area (Å²) in [7, 11) is 2.10. The molecule has 1 amide bonds. The number of rotatable bonds is 5. The summed E-state index contributed by atoms with van der Waals surface area (Å²) in [6.45, 7) is 3.84. The molecule has 204 valence electrons. The van der Waals surface area contributed by atoms with Gasteiger partial charge in [-0.25, -0.2) is 5.01 Å². The van der Waals surface area contributed by atoms with Crippen molar-refractivity contribution in [3.8, 4) is 11.1 Å².